The molecule has 1 fully saturated rings. The van der Waals surface area contributed by atoms with Gasteiger partial charge in [-0.25, -0.2) is 0 Å². The molecule has 3 unspecified atom stereocenters. The summed E-state index contributed by atoms with van der Waals surface area (Å²) in [5.41, 5.74) is 5.77. The predicted octanol–water partition coefficient (Wildman–Crippen LogP) is 0.847. The molecular formula is C13H28N2O3. The van der Waals surface area contributed by atoms with Crippen molar-refractivity contribution in [3.63, 3.8) is 0 Å². The van der Waals surface area contributed by atoms with E-state index >= 15 is 0 Å². The molecular weight excluding hydrogens is 232 g/mol. The van der Waals surface area contributed by atoms with Crippen LogP contribution in [0.1, 0.15) is 44.9 Å². The van der Waals surface area contributed by atoms with Crippen LogP contribution in [0.4, 0.5) is 0 Å². The second-order valence-electron chi connectivity index (χ2n) is 5.36. The van der Waals surface area contributed by atoms with Gasteiger partial charge in [0.1, 0.15) is 12.3 Å². The molecule has 4 N–H and O–H groups in total. The highest BCUT2D eigenvalue weighted by Gasteiger charge is 2.27. The van der Waals surface area contributed by atoms with Crippen LogP contribution in [0, 0.1) is 5.92 Å². The van der Waals surface area contributed by atoms with Crippen molar-refractivity contribution in [3.8, 4) is 0 Å². The van der Waals surface area contributed by atoms with Crippen molar-refractivity contribution >= 4 is 0 Å². The molecule has 0 aromatic rings. The quantitative estimate of drug-likeness (QED) is 0.467. The highest BCUT2D eigenvalue weighted by molar-refractivity contribution is 4.77. The summed E-state index contributed by atoms with van der Waals surface area (Å²) in [5.74, 6) is 0.706. The molecule has 0 radical (unpaired) electrons. The Morgan fingerprint density at radius 2 is 1.89 bits per heavy atom. The number of likely N-dealkylation sites (N-methyl/N-ethyl adjacent to an activating group) is 1. The molecule has 1 rings (SSSR count). The van der Waals surface area contributed by atoms with Crippen molar-refractivity contribution in [2.45, 2.75) is 63.3 Å². The van der Waals surface area contributed by atoms with E-state index in [0.717, 1.165) is 6.42 Å². The summed E-state index contributed by atoms with van der Waals surface area (Å²) in [6, 6.07) is 0. The van der Waals surface area contributed by atoms with E-state index in [0.29, 0.717) is 12.3 Å². The van der Waals surface area contributed by atoms with Crippen LogP contribution in [0.2, 0.25) is 0 Å². The lowest BCUT2D eigenvalue weighted by Gasteiger charge is -2.30. The van der Waals surface area contributed by atoms with Crippen molar-refractivity contribution < 1.29 is 15.1 Å². The lowest BCUT2D eigenvalue weighted by molar-refractivity contribution is -0.178. The summed E-state index contributed by atoms with van der Waals surface area (Å²) in [6.07, 6.45) is 5.59. The fourth-order valence-electron chi connectivity index (χ4n) is 2.62. The molecule has 0 saturated heterocycles. The first-order valence-electron chi connectivity index (χ1n) is 6.95. The number of rotatable bonds is 7. The molecule has 18 heavy (non-hydrogen) atoms. The van der Waals surface area contributed by atoms with Gasteiger partial charge in [-0.05, 0) is 18.8 Å². The summed E-state index contributed by atoms with van der Waals surface area (Å²) < 4.78 is 0. The normalized spacial score (nSPS) is 23.0. The van der Waals surface area contributed by atoms with Gasteiger partial charge in [-0.15, -0.1) is 0 Å². The van der Waals surface area contributed by atoms with E-state index in [1.165, 1.54) is 44.3 Å². The Labute approximate surface area is 110 Å². The smallest absolute Gasteiger partial charge is 0.110 e. The van der Waals surface area contributed by atoms with Gasteiger partial charge >= 0.3 is 0 Å². The largest absolute Gasteiger partial charge is 0.390 e. The molecule has 1 aliphatic carbocycles. The standard InChI is InChI=1S/C13H28N2O3/c1-15(18-2)13(14)12(17)11(16)9-8-10-6-4-3-5-7-10/h10-13,16-17H,3-9,14H2,1-2H3. The van der Waals surface area contributed by atoms with Gasteiger partial charge in [0.2, 0.25) is 0 Å². The van der Waals surface area contributed by atoms with E-state index < -0.39 is 18.4 Å². The minimum Gasteiger partial charge on any atom is -0.390 e. The summed E-state index contributed by atoms with van der Waals surface area (Å²) in [7, 11) is 3.13. The van der Waals surface area contributed by atoms with Gasteiger partial charge in [0, 0.05) is 7.05 Å². The molecule has 1 aliphatic rings. The van der Waals surface area contributed by atoms with E-state index in [2.05, 4.69) is 0 Å². The number of hydrogen-bond acceptors (Lipinski definition) is 5. The van der Waals surface area contributed by atoms with E-state index in [9.17, 15) is 10.2 Å². The topological polar surface area (TPSA) is 79.0 Å². The van der Waals surface area contributed by atoms with Crippen molar-refractivity contribution in [1.82, 2.24) is 5.06 Å². The predicted molar refractivity (Wildman–Crippen MR) is 70.6 cm³/mol. The van der Waals surface area contributed by atoms with Crippen LogP contribution in [-0.4, -0.2) is 47.8 Å². The maximum absolute atomic E-state index is 9.95. The molecule has 0 aromatic carbocycles. The van der Waals surface area contributed by atoms with Gasteiger partial charge in [0.05, 0.1) is 13.2 Å². The summed E-state index contributed by atoms with van der Waals surface area (Å²) in [4.78, 5) is 4.91. The molecule has 0 heterocycles. The highest BCUT2D eigenvalue weighted by Crippen LogP contribution is 2.28. The van der Waals surface area contributed by atoms with E-state index in [1.807, 2.05) is 0 Å². The zero-order valence-electron chi connectivity index (χ0n) is 11.6. The third-order valence-electron chi connectivity index (χ3n) is 4.05. The summed E-state index contributed by atoms with van der Waals surface area (Å²) >= 11 is 0. The Hall–Kier alpha value is -0.200. The van der Waals surface area contributed by atoms with Crippen LogP contribution in [-0.2, 0) is 4.84 Å². The molecule has 0 amide bonds. The minimum absolute atomic E-state index is 0.608. The van der Waals surface area contributed by atoms with Gasteiger partial charge in [0.25, 0.3) is 0 Å². The number of nitrogens with zero attached hydrogens (tertiary/aromatic N) is 1. The van der Waals surface area contributed by atoms with Crippen molar-refractivity contribution in [1.29, 1.82) is 0 Å². The average molecular weight is 260 g/mol. The first-order chi connectivity index (χ1) is 8.56. The fourth-order valence-corrected chi connectivity index (χ4v) is 2.62. The minimum atomic E-state index is -0.974. The Bertz CT molecular complexity index is 222. The highest BCUT2D eigenvalue weighted by atomic mass is 16.7. The summed E-state index contributed by atoms with van der Waals surface area (Å²) in [6.45, 7) is 0. The van der Waals surface area contributed by atoms with Gasteiger partial charge in [-0.1, -0.05) is 32.1 Å². The van der Waals surface area contributed by atoms with Crippen LogP contribution < -0.4 is 5.73 Å². The molecule has 5 heteroatoms. The molecule has 3 atom stereocenters. The second kappa shape index (κ2) is 8.07. The van der Waals surface area contributed by atoms with E-state index in [4.69, 9.17) is 10.6 Å². The van der Waals surface area contributed by atoms with E-state index in [1.54, 1.807) is 7.05 Å². The van der Waals surface area contributed by atoms with Gasteiger partial charge < -0.3 is 20.8 Å². The maximum Gasteiger partial charge on any atom is 0.110 e. The van der Waals surface area contributed by atoms with Crippen molar-refractivity contribution in [3.05, 3.63) is 0 Å². The maximum atomic E-state index is 9.95. The Balaban J connectivity index is 2.27. The number of aliphatic hydroxyl groups is 2. The SMILES string of the molecule is CON(C)C(N)C(O)C(O)CCC1CCCCC1. The van der Waals surface area contributed by atoms with Crippen LogP contribution in [0.3, 0.4) is 0 Å². The molecule has 1 saturated carbocycles. The Kier molecular flexibility index (Phi) is 7.11. The number of hydroxylamine groups is 2. The molecule has 0 aromatic heterocycles. The lowest BCUT2D eigenvalue weighted by atomic mass is 9.85. The molecule has 0 bridgehead atoms. The van der Waals surface area contributed by atoms with Crippen LogP contribution in [0.25, 0.3) is 0 Å². The third kappa shape index (κ3) is 4.82. The van der Waals surface area contributed by atoms with Crippen molar-refractivity contribution in [2.24, 2.45) is 11.7 Å². The Morgan fingerprint density at radius 1 is 1.28 bits per heavy atom. The zero-order chi connectivity index (χ0) is 13.5. The molecule has 5 nitrogen and oxygen atoms in total. The average Bonchev–Trinajstić information content (AvgIpc) is 2.43. The molecule has 0 aliphatic heterocycles. The first kappa shape index (κ1) is 15.9. The van der Waals surface area contributed by atoms with Crippen LogP contribution in [0.15, 0.2) is 0 Å². The number of nitrogens with two attached hydrogens (primary N) is 1. The Morgan fingerprint density at radius 3 is 2.44 bits per heavy atom. The number of hydrogen-bond donors (Lipinski definition) is 3. The van der Waals surface area contributed by atoms with Gasteiger partial charge in [-0.3, -0.25) is 0 Å². The van der Waals surface area contributed by atoms with Gasteiger partial charge in [0.15, 0.2) is 0 Å². The van der Waals surface area contributed by atoms with Crippen molar-refractivity contribution in [2.75, 3.05) is 14.2 Å². The van der Waals surface area contributed by atoms with Crippen LogP contribution in [0.5, 0.6) is 0 Å². The molecule has 0 spiro atoms. The third-order valence-corrected chi connectivity index (χ3v) is 4.05. The van der Waals surface area contributed by atoms with E-state index in [-0.39, 0.29) is 0 Å². The number of aliphatic hydroxyl groups excluding tert-OH is 2. The fraction of sp³-hybridized carbons (Fsp3) is 1.00. The zero-order valence-corrected chi connectivity index (χ0v) is 11.6. The monoisotopic (exact) mass is 260 g/mol. The molecule has 108 valence electrons. The second-order valence-corrected chi connectivity index (χ2v) is 5.36. The van der Waals surface area contributed by atoms with Gasteiger partial charge in [-0.2, -0.15) is 5.06 Å². The van der Waals surface area contributed by atoms with Crippen LogP contribution >= 0.6 is 0 Å². The first-order valence-corrected chi connectivity index (χ1v) is 6.95. The lowest BCUT2D eigenvalue weighted by Crippen LogP contribution is -2.52. The summed E-state index contributed by atoms with van der Waals surface area (Å²) in [5, 5.41) is 21.2.